The number of carbonyl (C=O) groups is 3. The number of fused-ring (bicyclic) bond motifs is 1. The van der Waals surface area contributed by atoms with Crippen LogP contribution in [0.25, 0.3) is 0 Å². The lowest BCUT2D eigenvalue weighted by Crippen LogP contribution is -2.39. The van der Waals surface area contributed by atoms with Crippen LogP contribution in [0.1, 0.15) is 40.5 Å². The molecule has 1 aromatic carbocycles. The Morgan fingerprint density at radius 2 is 2.12 bits per heavy atom. The number of hydrogen-bond acceptors (Lipinski definition) is 10. The van der Waals surface area contributed by atoms with E-state index in [2.05, 4.69) is 10.3 Å². The van der Waals surface area contributed by atoms with Crippen molar-refractivity contribution in [3.05, 3.63) is 40.4 Å². The Morgan fingerprint density at radius 1 is 1.38 bits per heavy atom. The molecule has 1 aliphatic rings. The second-order valence-corrected chi connectivity index (χ2v) is 8.26. The Bertz CT molecular complexity index is 1020. The first kappa shape index (κ1) is 23.7. The van der Waals surface area contributed by atoms with E-state index in [0.29, 0.717) is 5.56 Å². The number of nitrogen functional groups attached to an aromatic ring is 1. The van der Waals surface area contributed by atoms with Crippen LogP contribution in [0.5, 0.6) is 5.75 Å². The van der Waals surface area contributed by atoms with Crippen molar-refractivity contribution in [3.63, 3.8) is 0 Å². The molecule has 1 amide bonds. The summed E-state index contributed by atoms with van der Waals surface area (Å²) in [6, 6.07) is 3.43. The lowest BCUT2D eigenvalue weighted by atomic mass is 9.64. The number of para-hydroxylation sites is 1. The van der Waals surface area contributed by atoms with Gasteiger partial charge in [-0.05, 0) is 24.4 Å². The Hall–Kier alpha value is -2.93. The molecule has 14 heteroatoms. The van der Waals surface area contributed by atoms with Crippen molar-refractivity contribution in [2.24, 2.45) is 0 Å². The predicted molar refractivity (Wildman–Crippen MR) is 116 cm³/mol. The Morgan fingerprint density at radius 3 is 2.75 bits per heavy atom. The fourth-order valence-corrected chi connectivity index (χ4v) is 4.04. The van der Waals surface area contributed by atoms with Gasteiger partial charge in [-0.1, -0.05) is 12.1 Å². The van der Waals surface area contributed by atoms with Crippen LogP contribution in [-0.2, 0) is 16.0 Å². The fourth-order valence-electron chi connectivity index (χ4n) is 3.45. The summed E-state index contributed by atoms with van der Waals surface area (Å²) < 4.78 is 5.42. The summed E-state index contributed by atoms with van der Waals surface area (Å²) in [5, 5.41) is 41.9. The summed E-state index contributed by atoms with van der Waals surface area (Å²) >= 11 is 1.09. The number of aromatic nitrogens is 1. The largest absolute Gasteiger partial charge is 0.535 e. The molecule has 0 aliphatic carbocycles. The van der Waals surface area contributed by atoms with Crippen LogP contribution >= 0.6 is 11.3 Å². The first-order valence-electron chi connectivity index (χ1n) is 9.74. The molecular weight excluding hydrogens is 440 g/mol. The van der Waals surface area contributed by atoms with Gasteiger partial charge in [0, 0.05) is 24.0 Å². The number of rotatable bonds is 9. The molecule has 7 N–H and O–H groups in total. The van der Waals surface area contributed by atoms with E-state index in [4.69, 9.17) is 20.4 Å². The highest BCUT2D eigenvalue weighted by Gasteiger charge is 2.39. The number of carbonyl (C=O) groups excluding carboxylic acids is 2. The monoisotopic (exact) mass is 461 g/mol. The molecule has 0 radical (unpaired) electrons. The average molecular weight is 461 g/mol. The van der Waals surface area contributed by atoms with Crippen molar-refractivity contribution in [2.75, 3.05) is 5.73 Å². The number of ketones is 1. The number of carboxylic acids is 1. The molecular formula is C18H21B2N3O8S. The minimum absolute atomic E-state index is 0.0656. The maximum absolute atomic E-state index is 13.1. The number of nitrogens with one attached hydrogen (secondary N) is 1. The standard InChI is InChI=1S/C18H21B2N3O8S/c21-18-22-12(8-32-18)15(23-14(25)4-5-19(28)29)13(24)7-10-6-9-2-1-3-11(17(26)27)16(9)31-20(10)30/h1-3,8,10,15,28-30H,4-7H2,(H2,21,22)(H,23,25)(H,26,27)/t10-,15?/m1/s1. The van der Waals surface area contributed by atoms with Crippen LogP contribution in [0.15, 0.2) is 23.6 Å². The van der Waals surface area contributed by atoms with Crippen molar-refractivity contribution >= 4 is 48.4 Å². The maximum atomic E-state index is 13.1. The van der Waals surface area contributed by atoms with Crippen molar-refractivity contribution in [3.8, 4) is 5.75 Å². The zero-order valence-corrected chi connectivity index (χ0v) is 17.6. The zero-order chi connectivity index (χ0) is 23.4. The molecule has 0 saturated heterocycles. The van der Waals surface area contributed by atoms with E-state index in [0.717, 1.165) is 11.3 Å². The van der Waals surface area contributed by atoms with E-state index in [1.54, 1.807) is 12.1 Å². The lowest BCUT2D eigenvalue weighted by molar-refractivity contribution is -0.128. The van der Waals surface area contributed by atoms with Crippen molar-refractivity contribution in [1.29, 1.82) is 0 Å². The van der Waals surface area contributed by atoms with Crippen molar-refractivity contribution < 1.29 is 39.2 Å². The van der Waals surface area contributed by atoms with Crippen LogP contribution < -0.4 is 15.7 Å². The number of carboxylic acid groups (broad SMARTS) is 1. The highest BCUT2D eigenvalue weighted by molar-refractivity contribution is 7.13. The average Bonchev–Trinajstić information content (AvgIpc) is 3.16. The first-order chi connectivity index (χ1) is 15.2. The molecule has 0 bridgehead atoms. The van der Waals surface area contributed by atoms with E-state index >= 15 is 0 Å². The number of amides is 1. The van der Waals surface area contributed by atoms with Crippen molar-refractivity contribution in [1.82, 2.24) is 10.3 Å². The van der Waals surface area contributed by atoms with Gasteiger partial charge in [0.15, 0.2) is 10.9 Å². The van der Waals surface area contributed by atoms with Gasteiger partial charge in [-0.25, -0.2) is 9.78 Å². The molecule has 3 rings (SSSR count). The van der Waals surface area contributed by atoms with Gasteiger partial charge >= 0.3 is 20.2 Å². The highest BCUT2D eigenvalue weighted by Crippen LogP contribution is 2.37. The van der Waals surface area contributed by atoms with E-state index < -0.39 is 43.8 Å². The van der Waals surface area contributed by atoms with Gasteiger partial charge in [-0.2, -0.15) is 0 Å². The maximum Gasteiger partial charge on any atom is 0.526 e. The Kier molecular flexibility index (Phi) is 7.51. The highest BCUT2D eigenvalue weighted by atomic mass is 32.1. The first-order valence-corrected chi connectivity index (χ1v) is 10.6. The number of benzene rings is 1. The minimum atomic E-state index is -1.66. The molecule has 32 heavy (non-hydrogen) atoms. The molecule has 2 heterocycles. The molecule has 0 fully saturated rings. The number of hydrogen-bond donors (Lipinski definition) is 6. The number of aromatic carboxylic acids is 1. The zero-order valence-electron chi connectivity index (χ0n) is 16.8. The van der Waals surface area contributed by atoms with Gasteiger partial charge in [0.2, 0.25) is 5.91 Å². The number of nitrogens with zero attached hydrogens (tertiary/aromatic N) is 1. The number of Topliss-reactive ketones (excluding diaryl/α,β-unsaturated/α-hetero) is 1. The third-order valence-electron chi connectivity index (χ3n) is 5.01. The summed E-state index contributed by atoms with van der Waals surface area (Å²) in [7, 11) is -3.08. The summed E-state index contributed by atoms with van der Waals surface area (Å²) in [5.41, 5.74) is 6.35. The minimum Gasteiger partial charge on any atom is -0.535 e. The molecule has 1 aliphatic heterocycles. The summed E-state index contributed by atoms with van der Waals surface area (Å²) in [4.78, 5) is 40.7. The molecule has 1 aromatic heterocycles. The quantitative estimate of drug-likeness (QED) is 0.275. The molecule has 0 spiro atoms. The molecule has 0 saturated carbocycles. The smallest absolute Gasteiger partial charge is 0.526 e. The van der Waals surface area contributed by atoms with Crippen molar-refractivity contribution in [2.45, 2.75) is 37.4 Å². The molecule has 2 aromatic rings. The van der Waals surface area contributed by atoms with Gasteiger partial charge in [-0.3, -0.25) is 9.59 Å². The van der Waals surface area contributed by atoms with Gasteiger partial charge in [0.1, 0.15) is 11.8 Å². The van der Waals surface area contributed by atoms with E-state index in [1.165, 1.54) is 11.4 Å². The predicted octanol–water partition coefficient (Wildman–Crippen LogP) is -0.111. The summed E-state index contributed by atoms with van der Waals surface area (Å²) in [6.45, 7) is 0. The van der Waals surface area contributed by atoms with Crippen LogP contribution in [-0.4, -0.2) is 57.1 Å². The van der Waals surface area contributed by atoms with Crippen LogP contribution in [0.3, 0.4) is 0 Å². The normalized spacial score (nSPS) is 16.0. The third-order valence-corrected chi connectivity index (χ3v) is 5.70. The second kappa shape index (κ2) is 10.1. The molecule has 11 nitrogen and oxygen atoms in total. The Labute approximate surface area is 187 Å². The summed E-state index contributed by atoms with van der Waals surface area (Å²) in [5.74, 6) is -2.86. The van der Waals surface area contributed by atoms with Crippen LogP contribution in [0.4, 0.5) is 5.13 Å². The number of anilines is 1. The van der Waals surface area contributed by atoms with E-state index in [9.17, 15) is 24.5 Å². The molecule has 1 unspecified atom stereocenters. The van der Waals surface area contributed by atoms with Gasteiger partial charge in [-0.15, -0.1) is 11.3 Å². The van der Waals surface area contributed by atoms with Gasteiger partial charge < -0.3 is 35.9 Å². The summed E-state index contributed by atoms with van der Waals surface area (Å²) in [6.07, 6.45) is -0.422. The third kappa shape index (κ3) is 5.65. The van der Waals surface area contributed by atoms with E-state index in [-0.39, 0.29) is 47.7 Å². The lowest BCUT2D eigenvalue weighted by Gasteiger charge is -2.28. The number of thiazole rings is 1. The topological polar surface area (TPSA) is 192 Å². The Balaban J connectivity index is 1.76. The van der Waals surface area contributed by atoms with Crippen LogP contribution in [0, 0.1) is 0 Å². The fraction of sp³-hybridized carbons (Fsp3) is 0.333. The van der Waals surface area contributed by atoms with Crippen LogP contribution in [0.2, 0.25) is 12.1 Å². The van der Waals surface area contributed by atoms with Gasteiger partial charge in [0.05, 0.1) is 11.3 Å². The molecule has 168 valence electrons. The van der Waals surface area contributed by atoms with E-state index in [1.807, 2.05) is 0 Å². The molecule has 2 atom stereocenters. The number of nitrogens with two attached hydrogens (primary N) is 1. The second-order valence-electron chi connectivity index (χ2n) is 7.37. The SMILES string of the molecule is Nc1nc(C(NC(=O)CCB(O)O)C(=O)C[C@H]2Cc3cccc(C(=O)O)c3OB2O)cs1. The van der Waals surface area contributed by atoms with Gasteiger partial charge in [0.25, 0.3) is 0 Å².